The van der Waals surface area contributed by atoms with Gasteiger partial charge in [-0.15, -0.1) is 0 Å². The molecule has 0 atom stereocenters. The quantitative estimate of drug-likeness (QED) is 0.234. The Labute approximate surface area is 66.4 Å². The third-order valence-corrected chi connectivity index (χ3v) is 1.19. The van der Waals surface area contributed by atoms with Gasteiger partial charge >= 0.3 is 10.4 Å². The maximum atomic E-state index is 9.84. The fourth-order valence-electron chi connectivity index (χ4n) is 0.309. The summed E-state index contributed by atoms with van der Waals surface area (Å²) in [5.74, 6) is 8.00. The molecule has 5 N–H and O–H groups in total. The fourth-order valence-corrected chi connectivity index (χ4v) is 0.637. The number of nitrogens with two attached hydrogens (primary N) is 2. The highest BCUT2D eigenvalue weighted by Gasteiger charge is 2.00. The lowest BCUT2D eigenvalue weighted by Gasteiger charge is -1.95. The van der Waals surface area contributed by atoms with Crippen LogP contribution in [0.2, 0.25) is 0 Å². The molecule has 0 saturated heterocycles. The predicted octanol–water partition coefficient (Wildman–Crippen LogP) is -0.575. The lowest BCUT2D eigenvalue weighted by atomic mass is 10.4. The van der Waals surface area contributed by atoms with E-state index in [9.17, 15) is 8.42 Å². The van der Waals surface area contributed by atoms with Crippen molar-refractivity contribution >= 4 is 10.4 Å². The van der Waals surface area contributed by atoms with Crippen LogP contribution in [0.3, 0.4) is 0 Å². The van der Waals surface area contributed by atoms with E-state index >= 15 is 0 Å². The zero-order valence-corrected chi connectivity index (χ0v) is 7.17. The summed E-state index contributed by atoms with van der Waals surface area (Å²) in [6.07, 6.45) is 1.48. The lowest BCUT2D eigenvalue weighted by molar-refractivity contribution is 0.264. The Bertz CT molecular complexity index is 155. The molecule has 0 aliphatic rings. The van der Waals surface area contributed by atoms with Gasteiger partial charge in [0.25, 0.3) is 0 Å². The van der Waals surface area contributed by atoms with Crippen molar-refractivity contribution in [2.45, 2.75) is 19.8 Å². The molecular formula is C4H14N2O4S. The van der Waals surface area contributed by atoms with Gasteiger partial charge in [-0.05, 0) is 6.42 Å². The highest BCUT2D eigenvalue weighted by atomic mass is 32.3. The van der Waals surface area contributed by atoms with Gasteiger partial charge in [-0.25, -0.2) is 4.18 Å². The number of hydrogen-bond acceptors (Lipinski definition) is 5. The first-order valence-corrected chi connectivity index (χ1v) is 4.38. The van der Waals surface area contributed by atoms with E-state index < -0.39 is 10.4 Å². The summed E-state index contributed by atoms with van der Waals surface area (Å²) in [5.41, 5.74) is 0. The highest BCUT2D eigenvalue weighted by molar-refractivity contribution is 7.80. The Morgan fingerprint density at radius 1 is 1.45 bits per heavy atom. The minimum atomic E-state index is -4.20. The van der Waals surface area contributed by atoms with Crippen LogP contribution in [0.25, 0.3) is 0 Å². The molecule has 0 aliphatic carbocycles. The Hall–Kier alpha value is -0.210. The second-order valence-electron chi connectivity index (χ2n) is 1.60. The van der Waals surface area contributed by atoms with Crippen LogP contribution < -0.4 is 11.7 Å². The van der Waals surface area contributed by atoms with Crippen molar-refractivity contribution in [3.05, 3.63) is 0 Å². The van der Waals surface area contributed by atoms with Gasteiger partial charge in [0, 0.05) is 0 Å². The molecule has 0 unspecified atom stereocenters. The standard InChI is InChI=1S/C4H10O4S.H4N2/c1-2-3-4-8-9(5,6)7;1-2/h2-4H2,1H3,(H,5,6,7);1-2H2. The van der Waals surface area contributed by atoms with E-state index in [0.717, 1.165) is 6.42 Å². The molecule has 0 aromatic rings. The van der Waals surface area contributed by atoms with E-state index in [1.165, 1.54) is 0 Å². The number of hydrazine groups is 1. The van der Waals surface area contributed by atoms with Crippen LogP contribution in [-0.4, -0.2) is 19.6 Å². The average molecular weight is 186 g/mol. The number of rotatable bonds is 4. The molecule has 0 amide bonds. The molecular weight excluding hydrogens is 172 g/mol. The van der Waals surface area contributed by atoms with Crippen molar-refractivity contribution in [1.29, 1.82) is 0 Å². The molecule has 70 valence electrons. The summed E-state index contributed by atoms with van der Waals surface area (Å²) in [6.45, 7) is 1.96. The average Bonchev–Trinajstić information content (AvgIpc) is 1.90. The molecule has 0 aromatic carbocycles. The van der Waals surface area contributed by atoms with E-state index in [-0.39, 0.29) is 6.61 Å². The van der Waals surface area contributed by atoms with Gasteiger partial charge in [0.2, 0.25) is 0 Å². The SMILES string of the molecule is CCCCOS(=O)(=O)O.NN. The van der Waals surface area contributed by atoms with Gasteiger partial charge in [0.15, 0.2) is 0 Å². The predicted molar refractivity (Wildman–Crippen MR) is 40.8 cm³/mol. The minimum Gasteiger partial charge on any atom is -0.274 e. The van der Waals surface area contributed by atoms with Gasteiger partial charge in [0.1, 0.15) is 0 Å². The molecule has 0 aromatic heterocycles. The zero-order valence-electron chi connectivity index (χ0n) is 6.36. The van der Waals surface area contributed by atoms with E-state index in [4.69, 9.17) is 4.55 Å². The molecule has 6 nitrogen and oxygen atoms in total. The van der Waals surface area contributed by atoms with E-state index in [1.807, 2.05) is 6.92 Å². The Morgan fingerprint density at radius 3 is 2.18 bits per heavy atom. The van der Waals surface area contributed by atoms with E-state index in [1.54, 1.807) is 0 Å². The summed E-state index contributed by atoms with van der Waals surface area (Å²) in [7, 11) is -4.20. The largest absolute Gasteiger partial charge is 0.397 e. The maximum absolute atomic E-state index is 9.84. The molecule has 0 aliphatic heterocycles. The highest BCUT2D eigenvalue weighted by Crippen LogP contribution is 1.91. The van der Waals surface area contributed by atoms with Crippen molar-refractivity contribution in [3.63, 3.8) is 0 Å². The Kier molecular flexibility index (Phi) is 9.60. The molecule has 7 heteroatoms. The first kappa shape index (κ1) is 13.4. The van der Waals surface area contributed by atoms with Crippen LogP contribution in [0.15, 0.2) is 0 Å². The van der Waals surface area contributed by atoms with Crippen molar-refractivity contribution in [1.82, 2.24) is 0 Å². The molecule has 0 spiro atoms. The lowest BCUT2D eigenvalue weighted by Crippen LogP contribution is -2.04. The summed E-state index contributed by atoms with van der Waals surface area (Å²) in [6, 6.07) is 0. The van der Waals surface area contributed by atoms with Gasteiger partial charge in [-0.2, -0.15) is 8.42 Å². The van der Waals surface area contributed by atoms with Crippen LogP contribution >= 0.6 is 0 Å². The minimum absolute atomic E-state index is 0.0648. The molecule has 0 heterocycles. The normalized spacial score (nSPS) is 10.2. The summed E-state index contributed by atoms with van der Waals surface area (Å²) < 4.78 is 31.7. The van der Waals surface area contributed by atoms with Gasteiger partial charge < -0.3 is 0 Å². The molecule has 0 fully saturated rings. The second kappa shape index (κ2) is 7.89. The van der Waals surface area contributed by atoms with Gasteiger partial charge in [-0.3, -0.25) is 16.2 Å². The Balaban J connectivity index is 0. The summed E-state index contributed by atoms with van der Waals surface area (Å²) in [5, 5.41) is 0. The zero-order chi connectivity index (χ0) is 9.33. The molecule has 11 heavy (non-hydrogen) atoms. The second-order valence-corrected chi connectivity index (χ2v) is 2.69. The monoisotopic (exact) mass is 186 g/mol. The van der Waals surface area contributed by atoms with Crippen LogP contribution in [0, 0.1) is 0 Å². The van der Waals surface area contributed by atoms with Gasteiger partial charge in [0.05, 0.1) is 6.61 Å². The molecule has 0 bridgehead atoms. The van der Waals surface area contributed by atoms with Crippen LogP contribution in [-0.2, 0) is 14.6 Å². The van der Waals surface area contributed by atoms with E-state index in [2.05, 4.69) is 15.9 Å². The first-order valence-electron chi connectivity index (χ1n) is 3.01. The van der Waals surface area contributed by atoms with Crippen molar-refractivity contribution in [2.75, 3.05) is 6.61 Å². The molecule has 0 saturated carbocycles. The fraction of sp³-hybridized carbons (Fsp3) is 1.00. The van der Waals surface area contributed by atoms with Crippen molar-refractivity contribution in [2.24, 2.45) is 11.7 Å². The third-order valence-electron chi connectivity index (χ3n) is 0.730. The maximum Gasteiger partial charge on any atom is 0.397 e. The number of hydrogen-bond donors (Lipinski definition) is 3. The number of unbranched alkanes of at least 4 members (excludes halogenated alkanes) is 1. The summed E-state index contributed by atoms with van der Waals surface area (Å²) >= 11 is 0. The van der Waals surface area contributed by atoms with Crippen LogP contribution in [0.5, 0.6) is 0 Å². The molecule has 0 radical (unpaired) electrons. The van der Waals surface area contributed by atoms with Crippen molar-refractivity contribution in [3.8, 4) is 0 Å². The van der Waals surface area contributed by atoms with Crippen molar-refractivity contribution < 1.29 is 17.2 Å². The van der Waals surface area contributed by atoms with Crippen LogP contribution in [0.1, 0.15) is 19.8 Å². The van der Waals surface area contributed by atoms with E-state index in [0.29, 0.717) is 6.42 Å². The topological polar surface area (TPSA) is 116 Å². The third kappa shape index (κ3) is 17.7. The molecule has 0 rings (SSSR count). The summed E-state index contributed by atoms with van der Waals surface area (Å²) in [4.78, 5) is 0. The first-order chi connectivity index (χ1) is 5.06. The Morgan fingerprint density at radius 2 is 1.91 bits per heavy atom. The van der Waals surface area contributed by atoms with Gasteiger partial charge in [-0.1, -0.05) is 13.3 Å². The smallest absolute Gasteiger partial charge is 0.274 e. The van der Waals surface area contributed by atoms with Crippen LogP contribution in [0.4, 0.5) is 0 Å².